The minimum Gasteiger partial charge on any atom is -0.481 e. The van der Waals surface area contributed by atoms with Crippen LogP contribution in [-0.4, -0.2) is 52.9 Å². The van der Waals surface area contributed by atoms with E-state index in [1.165, 1.54) is 0 Å². The minimum absolute atomic E-state index is 0.110. The molecule has 0 aromatic carbocycles. The molecule has 1 atom stereocenters. The molecule has 1 spiro atoms. The summed E-state index contributed by atoms with van der Waals surface area (Å²) in [6.45, 7) is -0.437. The Kier molecular flexibility index (Phi) is 3.46. The van der Waals surface area contributed by atoms with Crippen molar-refractivity contribution in [2.75, 3.05) is 13.1 Å². The smallest absolute Gasteiger partial charge is 0.471 e. The normalized spacial score (nSPS) is 26.1. The van der Waals surface area contributed by atoms with E-state index in [4.69, 9.17) is 9.84 Å². The van der Waals surface area contributed by atoms with Gasteiger partial charge in [0.1, 0.15) is 0 Å². The lowest BCUT2D eigenvalue weighted by atomic mass is 9.78. The van der Waals surface area contributed by atoms with E-state index in [-0.39, 0.29) is 13.1 Å². The number of hydrogen-bond acceptors (Lipinski definition) is 3. The number of hydrogen-bond donors (Lipinski definition) is 1. The van der Waals surface area contributed by atoms with E-state index in [1.54, 1.807) is 0 Å². The quantitative estimate of drug-likeness (QED) is 0.825. The number of ether oxygens (including phenoxy) is 1. The van der Waals surface area contributed by atoms with Crippen LogP contribution in [-0.2, 0) is 14.3 Å². The van der Waals surface area contributed by atoms with Gasteiger partial charge < -0.3 is 14.7 Å². The molecule has 0 aromatic rings. The van der Waals surface area contributed by atoms with Gasteiger partial charge in [-0.2, -0.15) is 13.2 Å². The Bertz CT molecular complexity index is 392. The lowest BCUT2D eigenvalue weighted by Gasteiger charge is -2.51. The predicted molar refractivity (Wildman–Crippen MR) is 56.3 cm³/mol. The molecule has 2 rings (SSSR count). The van der Waals surface area contributed by atoms with Gasteiger partial charge in [0.05, 0.1) is 24.7 Å². The van der Waals surface area contributed by atoms with Gasteiger partial charge in [-0.15, -0.1) is 0 Å². The van der Waals surface area contributed by atoms with Gasteiger partial charge in [0.15, 0.2) is 0 Å². The molecule has 0 aromatic heterocycles. The summed E-state index contributed by atoms with van der Waals surface area (Å²) in [5.41, 5.74) is -0.778. The summed E-state index contributed by atoms with van der Waals surface area (Å²) in [7, 11) is 0. The number of aliphatic carboxylic acids is 1. The number of halogens is 3. The summed E-state index contributed by atoms with van der Waals surface area (Å²) in [5.74, 6) is -3.07. The van der Waals surface area contributed by atoms with E-state index in [0.717, 1.165) is 6.42 Å². The van der Waals surface area contributed by atoms with Crippen molar-refractivity contribution in [3.63, 3.8) is 0 Å². The lowest BCUT2D eigenvalue weighted by molar-refractivity contribution is -0.219. The number of amides is 1. The van der Waals surface area contributed by atoms with Crippen LogP contribution in [0.2, 0.25) is 0 Å². The molecule has 1 heterocycles. The number of nitrogens with zero attached hydrogens (tertiary/aromatic N) is 1. The third kappa shape index (κ3) is 2.99. The van der Waals surface area contributed by atoms with Gasteiger partial charge in [-0.25, -0.2) is 0 Å². The molecule has 1 saturated carbocycles. The molecule has 1 unspecified atom stereocenters. The molecule has 1 N–H and O–H groups in total. The van der Waals surface area contributed by atoms with Crippen molar-refractivity contribution in [1.29, 1.82) is 0 Å². The van der Waals surface area contributed by atoms with Crippen LogP contribution in [0.3, 0.4) is 0 Å². The highest BCUT2D eigenvalue weighted by Crippen LogP contribution is 2.41. The zero-order valence-electron chi connectivity index (χ0n) is 10.1. The molecular weight excluding hydrogens is 267 g/mol. The second kappa shape index (κ2) is 4.66. The van der Waals surface area contributed by atoms with Crippen molar-refractivity contribution in [3.05, 3.63) is 0 Å². The first kappa shape index (κ1) is 14.1. The second-order valence-corrected chi connectivity index (χ2v) is 5.06. The van der Waals surface area contributed by atoms with Gasteiger partial charge in [0, 0.05) is 6.54 Å². The van der Waals surface area contributed by atoms with Crippen molar-refractivity contribution in [1.82, 2.24) is 4.90 Å². The van der Waals surface area contributed by atoms with Gasteiger partial charge in [0.25, 0.3) is 0 Å². The Labute approximate surface area is 107 Å². The summed E-state index contributed by atoms with van der Waals surface area (Å²) in [6.07, 6.45) is -4.28. The van der Waals surface area contributed by atoms with Crippen LogP contribution in [0.15, 0.2) is 0 Å². The summed E-state index contributed by atoms with van der Waals surface area (Å²) in [6, 6.07) is 0. The predicted octanol–water partition coefficient (Wildman–Crippen LogP) is 1.17. The first-order valence-corrected chi connectivity index (χ1v) is 5.98. The van der Waals surface area contributed by atoms with E-state index >= 15 is 0 Å². The maximum atomic E-state index is 12.4. The second-order valence-electron chi connectivity index (χ2n) is 5.06. The van der Waals surface area contributed by atoms with Crippen molar-refractivity contribution in [2.45, 2.75) is 43.6 Å². The Morgan fingerprint density at radius 2 is 2.00 bits per heavy atom. The number of alkyl halides is 3. The number of carbonyl (C=O) groups is 2. The molecule has 5 nitrogen and oxygen atoms in total. The zero-order chi connectivity index (χ0) is 14.3. The summed E-state index contributed by atoms with van der Waals surface area (Å²) in [4.78, 5) is 22.6. The van der Waals surface area contributed by atoms with Gasteiger partial charge in [-0.05, 0) is 19.3 Å². The van der Waals surface area contributed by atoms with Gasteiger partial charge in [0.2, 0.25) is 0 Å². The highest BCUT2D eigenvalue weighted by Gasteiger charge is 2.51. The van der Waals surface area contributed by atoms with E-state index in [1.807, 2.05) is 0 Å². The Hall–Kier alpha value is -1.31. The molecule has 0 bridgehead atoms. The summed E-state index contributed by atoms with van der Waals surface area (Å²) in [5, 5.41) is 8.71. The molecule has 108 valence electrons. The fourth-order valence-electron chi connectivity index (χ4n) is 2.57. The fourth-order valence-corrected chi connectivity index (χ4v) is 2.57. The van der Waals surface area contributed by atoms with Crippen LogP contribution in [0, 0.1) is 0 Å². The Morgan fingerprint density at radius 3 is 2.42 bits per heavy atom. The van der Waals surface area contributed by atoms with E-state index in [0.29, 0.717) is 17.7 Å². The van der Waals surface area contributed by atoms with Crippen LogP contribution >= 0.6 is 0 Å². The SMILES string of the molecule is O=C(O)CC1CN(C(=O)C(F)(F)F)CC2(CCC2)O1. The van der Waals surface area contributed by atoms with Gasteiger partial charge in [-0.3, -0.25) is 9.59 Å². The minimum atomic E-state index is -4.93. The van der Waals surface area contributed by atoms with E-state index in [2.05, 4.69) is 0 Å². The average molecular weight is 281 g/mol. The monoisotopic (exact) mass is 281 g/mol. The lowest BCUT2D eigenvalue weighted by Crippen LogP contribution is -2.62. The van der Waals surface area contributed by atoms with Crippen molar-refractivity contribution < 1.29 is 32.6 Å². The maximum absolute atomic E-state index is 12.4. The topological polar surface area (TPSA) is 66.8 Å². The first-order valence-electron chi connectivity index (χ1n) is 5.98. The van der Waals surface area contributed by atoms with E-state index < -0.39 is 36.2 Å². The van der Waals surface area contributed by atoms with E-state index in [9.17, 15) is 22.8 Å². The average Bonchev–Trinajstić information content (AvgIpc) is 2.23. The molecule has 1 saturated heterocycles. The van der Waals surface area contributed by atoms with Crippen molar-refractivity contribution in [3.8, 4) is 0 Å². The fraction of sp³-hybridized carbons (Fsp3) is 0.818. The van der Waals surface area contributed by atoms with Crippen LogP contribution < -0.4 is 0 Å². The maximum Gasteiger partial charge on any atom is 0.471 e. The molecule has 0 radical (unpaired) electrons. The molecule has 1 aliphatic carbocycles. The Morgan fingerprint density at radius 1 is 1.37 bits per heavy atom. The standard InChI is InChI=1S/C11H14F3NO4/c12-11(13,14)9(18)15-5-7(4-8(16)17)19-10(6-15)2-1-3-10/h7H,1-6H2,(H,16,17). The molecular formula is C11H14F3NO4. The summed E-state index contributed by atoms with van der Waals surface area (Å²) >= 11 is 0. The molecule has 2 fully saturated rings. The largest absolute Gasteiger partial charge is 0.481 e. The van der Waals surface area contributed by atoms with Crippen molar-refractivity contribution >= 4 is 11.9 Å². The number of carboxylic acids is 1. The number of rotatable bonds is 2. The molecule has 1 amide bonds. The highest BCUT2D eigenvalue weighted by molar-refractivity contribution is 5.82. The summed E-state index contributed by atoms with van der Waals surface area (Å²) < 4.78 is 42.9. The molecule has 2 aliphatic rings. The van der Waals surface area contributed by atoms with Gasteiger partial charge in [-0.1, -0.05) is 0 Å². The third-order valence-corrected chi connectivity index (χ3v) is 3.52. The number of carboxylic acid groups (broad SMARTS) is 1. The molecule has 19 heavy (non-hydrogen) atoms. The number of carbonyl (C=O) groups excluding carboxylic acids is 1. The number of morpholine rings is 1. The van der Waals surface area contributed by atoms with Gasteiger partial charge >= 0.3 is 18.1 Å². The van der Waals surface area contributed by atoms with Crippen LogP contribution in [0.5, 0.6) is 0 Å². The molecule has 1 aliphatic heterocycles. The van der Waals surface area contributed by atoms with Crippen molar-refractivity contribution in [2.24, 2.45) is 0 Å². The van der Waals surface area contributed by atoms with Crippen LogP contribution in [0.25, 0.3) is 0 Å². The Balaban J connectivity index is 2.11. The first-order chi connectivity index (χ1) is 8.72. The highest BCUT2D eigenvalue weighted by atomic mass is 19.4. The van der Waals surface area contributed by atoms with Crippen LogP contribution in [0.4, 0.5) is 13.2 Å². The zero-order valence-corrected chi connectivity index (χ0v) is 10.1. The third-order valence-electron chi connectivity index (χ3n) is 3.52. The molecule has 8 heteroatoms. The van der Waals surface area contributed by atoms with Crippen LogP contribution in [0.1, 0.15) is 25.7 Å².